The van der Waals surface area contributed by atoms with E-state index in [1.165, 1.54) is 28.0 Å². The second-order valence-electron chi connectivity index (χ2n) is 8.13. The lowest BCUT2D eigenvalue weighted by Crippen LogP contribution is -2.24. The number of aromatic nitrogens is 4. The lowest BCUT2D eigenvalue weighted by Gasteiger charge is -2.18. The van der Waals surface area contributed by atoms with Gasteiger partial charge in [0.25, 0.3) is 0 Å². The molecule has 8 nitrogen and oxygen atoms in total. The van der Waals surface area contributed by atoms with Crippen LogP contribution < -0.4 is 5.32 Å². The number of nitrogens with zero attached hydrogens (tertiary/aromatic N) is 4. The number of fused-ring (bicyclic) bond motifs is 1. The van der Waals surface area contributed by atoms with Gasteiger partial charge in [-0.1, -0.05) is 18.7 Å². The molecule has 174 valence electrons. The van der Waals surface area contributed by atoms with Gasteiger partial charge in [0, 0.05) is 29.9 Å². The molecule has 1 amide bonds. The first kappa shape index (κ1) is 23.4. The normalized spacial score (nSPS) is 16.2. The fraction of sp³-hybridized carbons (Fsp3) is 0.435. The summed E-state index contributed by atoms with van der Waals surface area (Å²) in [6.07, 6.45) is 6.19. The van der Waals surface area contributed by atoms with Crippen LogP contribution in [0.25, 0.3) is 11.4 Å². The maximum atomic E-state index is 13.1. The number of thiophene rings is 1. The first-order valence-corrected chi connectivity index (χ1v) is 12.7. The van der Waals surface area contributed by atoms with E-state index in [9.17, 15) is 9.59 Å². The van der Waals surface area contributed by atoms with Crippen molar-refractivity contribution in [3.8, 4) is 11.4 Å². The summed E-state index contributed by atoms with van der Waals surface area (Å²) in [5.74, 6) is 0.716. The number of hydrogen-bond acceptors (Lipinski definition) is 8. The average molecular weight is 486 g/mol. The topological polar surface area (TPSA) is 99.0 Å². The van der Waals surface area contributed by atoms with E-state index in [0.717, 1.165) is 30.4 Å². The van der Waals surface area contributed by atoms with E-state index in [-0.39, 0.29) is 11.9 Å². The van der Waals surface area contributed by atoms with Gasteiger partial charge in [-0.25, -0.2) is 4.79 Å². The summed E-state index contributed by atoms with van der Waals surface area (Å²) < 4.78 is 7.16. The highest BCUT2D eigenvalue weighted by Gasteiger charge is 2.30. The van der Waals surface area contributed by atoms with Crippen molar-refractivity contribution < 1.29 is 14.3 Å². The molecule has 10 heteroatoms. The maximum Gasteiger partial charge on any atom is 0.341 e. The van der Waals surface area contributed by atoms with E-state index in [1.807, 2.05) is 30.7 Å². The van der Waals surface area contributed by atoms with Gasteiger partial charge in [-0.2, -0.15) is 0 Å². The van der Waals surface area contributed by atoms with Crippen LogP contribution >= 0.6 is 23.1 Å². The Bertz CT molecular complexity index is 1160. The van der Waals surface area contributed by atoms with Crippen LogP contribution in [0.4, 0.5) is 5.00 Å². The number of amides is 1. The van der Waals surface area contributed by atoms with Crippen molar-refractivity contribution in [2.24, 2.45) is 13.0 Å². The maximum absolute atomic E-state index is 13.1. The van der Waals surface area contributed by atoms with Crippen molar-refractivity contribution in [2.75, 3.05) is 11.9 Å². The number of anilines is 1. The molecule has 33 heavy (non-hydrogen) atoms. The largest absolute Gasteiger partial charge is 0.462 e. The Morgan fingerprint density at radius 1 is 1.33 bits per heavy atom. The molecule has 4 rings (SSSR count). The number of esters is 1. The van der Waals surface area contributed by atoms with Crippen LogP contribution in [0.2, 0.25) is 0 Å². The third-order valence-corrected chi connectivity index (χ3v) is 7.96. The number of nitrogens with one attached hydrogen (secondary N) is 1. The molecule has 0 bridgehead atoms. The minimum absolute atomic E-state index is 0.189. The zero-order valence-corrected chi connectivity index (χ0v) is 20.8. The number of carbonyl (C=O) groups excluding carboxylic acids is 2. The van der Waals surface area contributed by atoms with Gasteiger partial charge in [-0.05, 0) is 56.7 Å². The number of hydrogen-bond donors (Lipinski definition) is 1. The quantitative estimate of drug-likeness (QED) is 0.392. The Balaban J connectivity index is 1.52. The summed E-state index contributed by atoms with van der Waals surface area (Å²) in [6, 6.07) is 3.73. The van der Waals surface area contributed by atoms with Crippen molar-refractivity contribution in [2.45, 2.75) is 50.4 Å². The molecule has 0 aliphatic heterocycles. The predicted molar refractivity (Wildman–Crippen MR) is 130 cm³/mol. The van der Waals surface area contributed by atoms with Gasteiger partial charge in [0.2, 0.25) is 5.91 Å². The summed E-state index contributed by atoms with van der Waals surface area (Å²) in [4.78, 5) is 31.0. The molecule has 1 N–H and O–H groups in total. The molecule has 0 fully saturated rings. The standard InChI is InChI=1S/C23H27N5O3S2/c1-5-31-22(30)18-16-7-6-13(2)12-17(16)33-21(18)25-20(29)14(3)32-23-27-26-19(28(23)4)15-8-10-24-11-9-15/h8-11,13-14H,5-7,12H2,1-4H3,(H,25,29)/t13-,14-/m0/s1. The third-order valence-electron chi connectivity index (χ3n) is 5.65. The number of carbonyl (C=O) groups is 2. The molecule has 0 saturated heterocycles. The van der Waals surface area contributed by atoms with Crippen LogP contribution in [0, 0.1) is 5.92 Å². The Hall–Kier alpha value is -2.72. The number of thioether (sulfide) groups is 1. The number of ether oxygens (including phenoxy) is 1. The first-order valence-electron chi connectivity index (χ1n) is 11.0. The van der Waals surface area contributed by atoms with Crippen molar-refractivity contribution >= 4 is 40.0 Å². The van der Waals surface area contributed by atoms with Gasteiger partial charge in [0.15, 0.2) is 11.0 Å². The Labute approximate surface area is 201 Å². The van der Waals surface area contributed by atoms with Gasteiger partial charge in [-0.3, -0.25) is 9.78 Å². The van der Waals surface area contributed by atoms with E-state index in [0.29, 0.717) is 34.1 Å². The summed E-state index contributed by atoms with van der Waals surface area (Å²) in [7, 11) is 1.87. The molecule has 0 radical (unpaired) electrons. The molecule has 1 aliphatic rings. The number of rotatable bonds is 7. The molecule has 3 heterocycles. The van der Waals surface area contributed by atoms with E-state index in [4.69, 9.17) is 4.74 Å². The molecule has 2 atom stereocenters. The Morgan fingerprint density at radius 3 is 2.82 bits per heavy atom. The van der Waals surface area contributed by atoms with Crippen LogP contribution in [0.15, 0.2) is 29.7 Å². The van der Waals surface area contributed by atoms with E-state index in [2.05, 4.69) is 27.4 Å². The van der Waals surface area contributed by atoms with Crippen molar-refractivity contribution in [3.05, 3.63) is 40.5 Å². The number of pyridine rings is 1. The van der Waals surface area contributed by atoms with E-state index in [1.54, 1.807) is 19.3 Å². The van der Waals surface area contributed by atoms with E-state index < -0.39 is 5.25 Å². The van der Waals surface area contributed by atoms with Crippen LogP contribution in [-0.4, -0.2) is 43.5 Å². The van der Waals surface area contributed by atoms with E-state index >= 15 is 0 Å². The highest BCUT2D eigenvalue weighted by Crippen LogP contribution is 2.40. The molecule has 3 aromatic heterocycles. The first-order chi connectivity index (χ1) is 15.9. The van der Waals surface area contributed by atoms with Gasteiger partial charge in [0.1, 0.15) is 5.00 Å². The van der Waals surface area contributed by atoms with Gasteiger partial charge in [0.05, 0.1) is 17.4 Å². The molecule has 0 spiro atoms. The minimum atomic E-state index is -0.439. The highest BCUT2D eigenvalue weighted by molar-refractivity contribution is 8.00. The van der Waals surface area contributed by atoms with Gasteiger partial charge < -0.3 is 14.6 Å². The summed E-state index contributed by atoms with van der Waals surface area (Å²) >= 11 is 2.82. The lowest BCUT2D eigenvalue weighted by atomic mass is 9.88. The lowest BCUT2D eigenvalue weighted by molar-refractivity contribution is -0.115. The van der Waals surface area contributed by atoms with Crippen LogP contribution in [0.3, 0.4) is 0 Å². The van der Waals surface area contributed by atoms with Crippen molar-refractivity contribution in [3.63, 3.8) is 0 Å². The Kier molecular flexibility index (Phi) is 7.14. The summed E-state index contributed by atoms with van der Waals surface area (Å²) in [5.41, 5.74) is 2.46. The summed E-state index contributed by atoms with van der Waals surface area (Å²) in [6.45, 7) is 6.12. The van der Waals surface area contributed by atoms with Gasteiger partial charge >= 0.3 is 5.97 Å². The second kappa shape index (κ2) is 10.0. The van der Waals surface area contributed by atoms with Crippen LogP contribution in [0.5, 0.6) is 0 Å². The fourth-order valence-corrected chi connectivity index (χ4v) is 6.07. The van der Waals surface area contributed by atoms with Crippen LogP contribution in [-0.2, 0) is 29.4 Å². The molecule has 0 aromatic carbocycles. The molecular weight excluding hydrogens is 458 g/mol. The second-order valence-corrected chi connectivity index (χ2v) is 10.5. The summed E-state index contributed by atoms with van der Waals surface area (Å²) in [5, 5.41) is 12.3. The van der Waals surface area contributed by atoms with Gasteiger partial charge in [-0.15, -0.1) is 21.5 Å². The smallest absolute Gasteiger partial charge is 0.341 e. The third kappa shape index (κ3) is 4.96. The molecular formula is C23H27N5O3S2. The monoisotopic (exact) mass is 485 g/mol. The van der Waals surface area contributed by atoms with Crippen molar-refractivity contribution in [1.82, 2.24) is 19.7 Å². The fourth-order valence-electron chi connectivity index (χ4n) is 3.85. The zero-order chi connectivity index (χ0) is 23.5. The Morgan fingerprint density at radius 2 is 2.09 bits per heavy atom. The molecule has 3 aromatic rings. The SMILES string of the molecule is CCOC(=O)c1c(NC(=O)[C@H](C)Sc2nnc(-c3ccncc3)n2C)sc2c1CC[C@H](C)C2. The van der Waals surface area contributed by atoms with Crippen molar-refractivity contribution in [1.29, 1.82) is 0 Å². The minimum Gasteiger partial charge on any atom is -0.462 e. The average Bonchev–Trinajstić information content (AvgIpc) is 3.33. The zero-order valence-electron chi connectivity index (χ0n) is 19.1. The predicted octanol–water partition coefficient (Wildman–Crippen LogP) is 4.36. The molecule has 1 aliphatic carbocycles. The molecule has 0 unspecified atom stereocenters. The molecule has 0 saturated carbocycles. The highest BCUT2D eigenvalue weighted by atomic mass is 32.2. The van der Waals surface area contributed by atoms with Crippen LogP contribution in [0.1, 0.15) is 48.0 Å².